The van der Waals surface area contributed by atoms with Gasteiger partial charge in [0.15, 0.2) is 0 Å². The summed E-state index contributed by atoms with van der Waals surface area (Å²) >= 11 is 17.9. The minimum atomic E-state index is -0.487. The Labute approximate surface area is 97.2 Å². The summed E-state index contributed by atoms with van der Waals surface area (Å²) in [4.78, 5) is 0. The lowest BCUT2D eigenvalue weighted by molar-refractivity contribution is 0.909. The predicted octanol–water partition coefficient (Wildman–Crippen LogP) is 4.20. The van der Waals surface area contributed by atoms with E-state index >= 15 is 0 Å². The van der Waals surface area contributed by atoms with Crippen molar-refractivity contribution in [1.82, 2.24) is 0 Å². The van der Waals surface area contributed by atoms with Crippen LogP contribution in [0.15, 0.2) is 12.1 Å². The van der Waals surface area contributed by atoms with Gasteiger partial charge in [0, 0.05) is 10.6 Å². The van der Waals surface area contributed by atoms with Gasteiger partial charge in [0.1, 0.15) is 0 Å². The van der Waals surface area contributed by atoms with E-state index in [1.165, 1.54) is 0 Å². The fraction of sp³-hybridized carbons (Fsp3) is 0.300. The van der Waals surface area contributed by atoms with Gasteiger partial charge in [-0.25, -0.2) is 0 Å². The molecule has 14 heavy (non-hydrogen) atoms. The monoisotopic (exact) mass is 245 g/mol. The van der Waals surface area contributed by atoms with Crippen molar-refractivity contribution in [2.75, 3.05) is 0 Å². The average Bonchev–Trinajstić information content (AvgIpc) is 2.93. The van der Waals surface area contributed by atoms with Gasteiger partial charge in [-0.3, -0.25) is 0 Å². The molecule has 1 aliphatic carbocycles. The van der Waals surface area contributed by atoms with Crippen molar-refractivity contribution in [3.63, 3.8) is 0 Å². The Balaban J connectivity index is 2.64. The molecule has 1 aliphatic rings. The van der Waals surface area contributed by atoms with Crippen molar-refractivity contribution in [3.8, 4) is 6.07 Å². The van der Waals surface area contributed by atoms with E-state index in [-0.39, 0.29) is 0 Å². The normalized spacial score (nSPS) is 17.6. The summed E-state index contributed by atoms with van der Waals surface area (Å²) in [7, 11) is 0. The van der Waals surface area contributed by atoms with Crippen LogP contribution in [0.4, 0.5) is 0 Å². The Kier molecular flexibility index (Phi) is 2.39. The van der Waals surface area contributed by atoms with Crippen LogP contribution in [0.5, 0.6) is 0 Å². The number of rotatable bonds is 1. The maximum Gasteiger partial charge on any atom is 0.0853 e. The second-order valence-corrected chi connectivity index (χ2v) is 4.60. The molecule has 1 saturated carbocycles. The van der Waals surface area contributed by atoms with Crippen molar-refractivity contribution in [3.05, 3.63) is 32.8 Å². The van der Waals surface area contributed by atoms with Crippen LogP contribution in [0, 0.1) is 11.3 Å². The van der Waals surface area contributed by atoms with Crippen LogP contribution in [-0.4, -0.2) is 0 Å². The molecule has 0 spiro atoms. The molecule has 0 radical (unpaired) electrons. The molecule has 72 valence electrons. The molecule has 0 saturated heterocycles. The van der Waals surface area contributed by atoms with E-state index in [1.54, 1.807) is 12.1 Å². The van der Waals surface area contributed by atoms with Gasteiger partial charge >= 0.3 is 0 Å². The van der Waals surface area contributed by atoms with E-state index in [0.29, 0.717) is 20.6 Å². The van der Waals surface area contributed by atoms with Gasteiger partial charge in [0.25, 0.3) is 0 Å². The lowest BCUT2D eigenvalue weighted by Gasteiger charge is -2.11. The summed E-state index contributed by atoms with van der Waals surface area (Å²) in [6.07, 6.45) is 1.62. The SMILES string of the molecule is N#CC1(c2c(Cl)ccc(Cl)c2Cl)CC1. The Morgan fingerprint density at radius 3 is 2.21 bits per heavy atom. The molecule has 1 fully saturated rings. The third kappa shape index (κ3) is 1.39. The van der Waals surface area contributed by atoms with Gasteiger partial charge in [-0.2, -0.15) is 5.26 Å². The summed E-state index contributed by atoms with van der Waals surface area (Å²) in [6.45, 7) is 0. The molecule has 1 nitrogen and oxygen atoms in total. The van der Waals surface area contributed by atoms with Gasteiger partial charge in [-0.05, 0) is 25.0 Å². The number of halogens is 3. The predicted molar refractivity (Wildman–Crippen MR) is 58.0 cm³/mol. The first-order valence-electron chi connectivity index (χ1n) is 4.16. The molecular formula is C10H6Cl3N. The maximum absolute atomic E-state index is 9.04. The average molecular weight is 247 g/mol. The quantitative estimate of drug-likeness (QED) is 0.681. The Morgan fingerprint density at radius 1 is 1.14 bits per heavy atom. The smallest absolute Gasteiger partial charge is 0.0853 e. The van der Waals surface area contributed by atoms with Gasteiger partial charge in [0.2, 0.25) is 0 Å². The molecular weight excluding hydrogens is 240 g/mol. The van der Waals surface area contributed by atoms with Crippen molar-refractivity contribution in [2.24, 2.45) is 0 Å². The van der Waals surface area contributed by atoms with Crippen LogP contribution in [0.25, 0.3) is 0 Å². The molecule has 0 aliphatic heterocycles. The van der Waals surface area contributed by atoms with Crippen LogP contribution in [0.2, 0.25) is 15.1 Å². The van der Waals surface area contributed by atoms with Gasteiger partial charge in [-0.15, -0.1) is 0 Å². The van der Waals surface area contributed by atoms with Gasteiger partial charge in [-0.1, -0.05) is 34.8 Å². The standard InChI is InChI=1S/C10H6Cl3N/c11-6-1-2-7(12)9(13)8(6)10(5-14)3-4-10/h1-2H,3-4H2. The third-order valence-electron chi connectivity index (χ3n) is 2.49. The van der Waals surface area contributed by atoms with Crippen molar-refractivity contribution >= 4 is 34.8 Å². The summed E-state index contributed by atoms with van der Waals surface area (Å²) < 4.78 is 0. The van der Waals surface area contributed by atoms with E-state index in [4.69, 9.17) is 40.1 Å². The molecule has 0 amide bonds. The fourth-order valence-electron chi connectivity index (χ4n) is 1.51. The van der Waals surface area contributed by atoms with Gasteiger partial charge in [0.05, 0.1) is 21.5 Å². The van der Waals surface area contributed by atoms with Crippen molar-refractivity contribution in [2.45, 2.75) is 18.3 Å². The van der Waals surface area contributed by atoms with E-state index in [2.05, 4.69) is 6.07 Å². The molecule has 0 N–H and O–H groups in total. The zero-order chi connectivity index (χ0) is 10.3. The number of hydrogen-bond donors (Lipinski definition) is 0. The first-order valence-corrected chi connectivity index (χ1v) is 5.29. The highest BCUT2D eigenvalue weighted by Gasteiger charge is 2.47. The number of nitriles is 1. The molecule has 1 aromatic carbocycles. The van der Waals surface area contributed by atoms with E-state index in [9.17, 15) is 0 Å². The van der Waals surface area contributed by atoms with E-state index in [0.717, 1.165) is 12.8 Å². The second-order valence-electron chi connectivity index (χ2n) is 3.41. The number of hydrogen-bond acceptors (Lipinski definition) is 1. The highest BCUT2D eigenvalue weighted by Crippen LogP contribution is 2.53. The molecule has 0 aromatic heterocycles. The van der Waals surface area contributed by atoms with Gasteiger partial charge < -0.3 is 0 Å². The first kappa shape index (κ1) is 10.1. The number of nitrogens with zero attached hydrogens (tertiary/aromatic N) is 1. The summed E-state index contributed by atoms with van der Waals surface area (Å²) in [6, 6.07) is 5.58. The highest BCUT2D eigenvalue weighted by atomic mass is 35.5. The van der Waals surface area contributed by atoms with E-state index in [1.807, 2.05) is 0 Å². The topological polar surface area (TPSA) is 23.8 Å². The van der Waals surface area contributed by atoms with Crippen LogP contribution < -0.4 is 0 Å². The Bertz CT molecular complexity index is 430. The fourth-order valence-corrected chi connectivity index (χ4v) is 2.40. The van der Waals surface area contributed by atoms with Crippen LogP contribution in [-0.2, 0) is 5.41 Å². The molecule has 0 unspecified atom stereocenters. The molecule has 0 bridgehead atoms. The van der Waals surface area contributed by atoms with Crippen molar-refractivity contribution in [1.29, 1.82) is 5.26 Å². The minimum absolute atomic E-state index is 0.415. The molecule has 0 heterocycles. The lowest BCUT2D eigenvalue weighted by atomic mass is 9.98. The zero-order valence-corrected chi connectivity index (χ0v) is 9.42. The minimum Gasteiger partial charge on any atom is -0.197 e. The molecule has 2 rings (SSSR count). The maximum atomic E-state index is 9.04. The molecule has 4 heteroatoms. The first-order chi connectivity index (χ1) is 6.60. The Hall–Kier alpha value is -0.420. The third-order valence-corrected chi connectivity index (χ3v) is 3.61. The van der Waals surface area contributed by atoms with E-state index < -0.39 is 5.41 Å². The summed E-state index contributed by atoms with van der Waals surface area (Å²) in [5.41, 5.74) is 0.204. The largest absolute Gasteiger partial charge is 0.197 e. The summed E-state index contributed by atoms with van der Waals surface area (Å²) in [5.74, 6) is 0. The molecule has 1 aromatic rings. The Morgan fingerprint density at radius 2 is 1.71 bits per heavy atom. The summed E-state index contributed by atoms with van der Waals surface area (Å²) in [5, 5.41) is 10.4. The van der Waals surface area contributed by atoms with Crippen molar-refractivity contribution < 1.29 is 0 Å². The van der Waals surface area contributed by atoms with Crippen LogP contribution in [0.3, 0.4) is 0 Å². The second kappa shape index (κ2) is 3.31. The lowest BCUT2D eigenvalue weighted by Crippen LogP contribution is -2.04. The molecule has 0 atom stereocenters. The zero-order valence-electron chi connectivity index (χ0n) is 7.15. The van der Waals surface area contributed by atoms with Crippen LogP contribution in [0.1, 0.15) is 18.4 Å². The van der Waals surface area contributed by atoms with Crippen LogP contribution >= 0.6 is 34.8 Å². The highest BCUT2D eigenvalue weighted by molar-refractivity contribution is 6.44. The number of benzene rings is 1.